The summed E-state index contributed by atoms with van der Waals surface area (Å²) in [6.45, 7) is 3.26. The standard InChI is InChI=1S/C31H44Cl2N2/c1-2-3-4-5-6-7-8-9-10-11-12-13-14-15-16-19-24-35-30-21-18-17-20-29(30)34-31(35)27-23-22-26(32)25-28(27)33/h17-18,20-23,25H,2-16,19,24H2,1H3. The van der Waals surface area contributed by atoms with E-state index in [1.165, 1.54) is 102 Å². The van der Waals surface area contributed by atoms with Crippen molar-refractivity contribution < 1.29 is 0 Å². The van der Waals surface area contributed by atoms with Crippen LogP contribution in [0.25, 0.3) is 22.4 Å². The smallest absolute Gasteiger partial charge is 0.142 e. The van der Waals surface area contributed by atoms with Crippen molar-refractivity contribution in [2.75, 3.05) is 0 Å². The lowest BCUT2D eigenvalue weighted by Crippen LogP contribution is -2.01. The van der Waals surface area contributed by atoms with Crippen LogP contribution in [0.3, 0.4) is 0 Å². The minimum Gasteiger partial charge on any atom is -0.324 e. The number of fused-ring (bicyclic) bond motifs is 1. The van der Waals surface area contributed by atoms with Gasteiger partial charge in [0.05, 0.1) is 16.1 Å². The molecule has 0 saturated heterocycles. The molecule has 2 nitrogen and oxygen atoms in total. The second-order valence-electron chi connectivity index (χ2n) is 10.0. The summed E-state index contributed by atoms with van der Waals surface area (Å²) >= 11 is 12.7. The molecule has 0 fully saturated rings. The summed E-state index contributed by atoms with van der Waals surface area (Å²) in [6.07, 6.45) is 22.2. The molecule has 0 aliphatic rings. The average Bonchev–Trinajstić information content (AvgIpc) is 3.22. The van der Waals surface area contributed by atoms with Gasteiger partial charge in [0.15, 0.2) is 0 Å². The van der Waals surface area contributed by atoms with Gasteiger partial charge in [-0.1, -0.05) is 139 Å². The number of benzene rings is 2. The summed E-state index contributed by atoms with van der Waals surface area (Å²) in [5.41, 5.74) is 3.14. The molecule has 0 saturated carbocycles. The summed E-state index contributed by atoms with van der Waals surface area (Å²) < 4.78 is 2.33. The van der Waals surface area contributed by atoms with Crippen LogP contribution in [-0.4, -0.2) is 9.55 Å². The van der Waals surface area contributed by atoms with Crippen LogP contribution in [-0.2, 0) is 6.54 Å². The van der Waals surface area contributed by atoms with Crippen LogP contribution in [0.2, 0.25) is 10.0 Å². The third kappa shape index (κ3) is 9.47. The molecule has 0 N–H and O–H groups in total. The highest BCUT2D eigenvalue weighted by Crippen LogP contribution is 2.32. The molecule has 0 bridgehead atoms. The number of unbranched alkanes of at least 4 members (excludes halogenated alkanes) is 15. The SMILES string of the molecule is CCCCCCCCCCCCCCCCCCn1c(-c2ccc(Cl)cc2Cl)nc2ccccc21. The van der Waals surface area contributed by atoms with E-state index in [-0.39, 0.29) is 0 Å². The number of para-hydroxylation sites is 2. The van der Waals surface area contributed by atoms with Crippen molar-refractivity contribution in [3.8, 4) is 11.4 Å². The normalized spacial score (nSPS) is 11.5. The highest BCUT2D eigenvalue weighted by atomic mass is 35.5. The van der Waals surface area contributed by atoms with Gasteiger partial charge in [0.1, 0.15) is 5.82 Å². The van der Waals surface area contributed by atoms with E-state index < -0.39 is 0 Å². The summed E-state index contributed by atoms with van der Waals surface area (Å²) in [6, 6.07) is 14.0. The van der Waals surface area contributed by atoms with Gasteiger partial charge in [0.2, 0.25) is 0 Å². The molecule has 2 aromatic carbocycles. The van der Waals surface area contributed by atoms with Crippen molar-refractivity contribution >= 4 is 34.2 Å². The van der Waals surface area contributed by atoms with E-state index in [4.69, 9.17) is 28.2 Å². The molecule has 0 unspecified atom stereocenters. The van der Waals surface area contributed by atoms with Gasteiger partial charge < -0.3 is 4.57 Å². The van der Waals surface area contributed by atoms with Crippen LogP contribution >= 0.6 is 23.2 Å². The number of halogens is 2. The van der Waals surface area contributed by atoms with E-state index in [0.29, 0.717) is 10.0 Å². The first-order chi connectivity index (χ1) is 17.2. The Balaban J connectivity index is 1.32. The molecule has 35 heavy (non-hydrogen) atoms. The molecule has 3 rings (SSSR count). The number of aryl methyl sites for hydroxylation is 1. The van der Waals surface area contributed by atoms with Gasteiger partial charge in [-0.15, -0.1) is 0 Å². The van der Waals surface area contributed by atoms with Crippen LogP contribution in [0.5, 0.6) is 0 Å². The van der Waals surface area contributed by atoms with E-state index in [9.17, 15) is 0 Å². The minimum atomic E-state index is 0.652. The fourth-order valence-electron chi connectivity index (χ4n) is 5.00. The zero-order valence-electron chi connectivity index (χ0n) is 21.7. The largest absolute Gasteiger partial charge is 0.324 e. The Morgan fingerprint density at radius 1 is 0.657 bits per heavy atom. The fraction of sp³-hybridized carbons (Fsp3) is 0.581. The second kappa shape index (κ2) is 16.3. The van der Waals surface area contributed by atoms with Crippen molar-refractivity contribution in [1.82, 2.24) is 9.55 Å². The zero-order chi connectivity index (χ0) is 24.7. The number of nitrogens with zero attached hydrogens (tertiary/aromatic N) is 2. The van der Waals surface area contributed by atoms with Crippen molar-refractivity contribution in [1.29, 1.82) is 0 Å². The molecule has 0 atom stereocenters. The van der Waals surface area contributed by atoms with Gasteiger partial charge in [0.25, 0.3) is 0 Å². The molecular formula is C31H44Cl2N2. The molecule has 0 amide bonds. The van der Waals surface area contributed by atoms with Crippen molar-refractivity contribution in [2.24, 2.45) is 0 Å². The third-order valence-corrected chi connectivity index (χ3v) is 7.61. The van der Waals surface area contributed by atoms with Crippen molar-refractivity contribution in [3.63, 3.8) is 0 Å². The number of hydrogen-bond donors (Lipinski definition) is 0. The van der Waals surface area contributed by atoms with Crippen LogP contribution in [0.1, 0.15) is 110 Å². The lowest BCUT2D eigenvalue weighted by atomic mass is 10.0. The first kappa shape index (κ1) is 28.1. The van der Waals surface area contributed by atoms with Gasteiger partial charge in [-0.3, -0.25) is 0 Å². The maximum Gasteiger partial charge on any atom is 0.142 e. The summed E-state index contributed by atoms with van der Waals surface area (Å²) in [7, 11) is 0. The predicted molar refractivity (Wildman–Crippen MR) is 155 cm³/mol. The Kier molecular flexibility index (Phi) is 13.1. The van der Waals surface area contributed by atoms with E-state index in [2.05, 4.69) is 29.7 Å². The molecule has 192 valence electrons. The number of hydrogen-bond acceptors (Lipinski definition) is 1. The summed E-state index contributed by atoms with van der Waals surface area (Å²) in [5.74, 6) is 0.939. The Labute approximate surface area is 223 Å². The molecule has 1 aromatic heterocycles. The molecule has 4 heteroatoms. The highest BCUT2D eigenvalue weighted by Gasteiger charge is 2.15. The van der Waals surface area contributed by atoms with Crippen LogP contribution < -0.4 is 0 Å². The molecule has 0 aliphatic carbocycles. The molecular weight excluding hydrogens is 471 g/mol. The molecule has 0 radical (unpaired) electrons. The minimum absolute atomic E-state index is 0.652. The average molecular weight is 516 g/mol. The van der Waals surface area contributed by atoms with Crippen LogP contribution in [0.15, 0.2) is 42.5 Å². The van der Waals surface area contributed by atoms with E-state index in [1.807, 2.05) is 18.2 Å². The molecule has 3 aromatic rings. The lowest BCUT2D eigenvalue weighted by molar-refractivity contribution is 0.523. The molecule has 0 spiro atoms. The van der Waals surface area contributed by atoms with E-state index >= 15 is 0 Å². The van der Waals surface area contributed by atoms with Gasteiger partial charge >= 0.3 is 0 Å². The predicted octanol–water partition coefficient (Wildman–Crippen LogP) is 11.3. The van der Waals surface area contributed by atoms with Gasteiger partial charge in [0, 0.05) is 17.1 Å². The molecule has 1 heterocycles. The zero-order valence-corrected chi connectivity index (χ0v) is 23.2. The Morgan fingerprint density at radius 3 is 1.77 bits per heavy atom. The third-order valence-electron chi connectivity index (χ3n) is 7.06. The first-order valence-corrected chi connectivity index (χ1v) is 14.9. The van der Waals surface area contributed by atoms with Gasteiger partial charge in [-0.2, -0.15) is 0 Å². The Hall–Kier alpha value is -1.51. The number of rotatable bonds is 18. The number of aromatic nitrogens is 2. The maximum absolute atomic E-state index is 6.53. The lowest BCUT2D eigenvalue weighted by Gasteiger charge is -2.11. The van der Waals surface area contributed by atoms with Crippen LogP contribution in [0.4, 0.5) is 0 Å². The Bertz CT molecular complexity index is 995. The summed E-state index contributed by atoms with van der Waals surface area (Å²) in [4.78, 5) is 4.90. The van der Waals surface area contributed by atoms with E-state index in [1.54, 1.807) is 6.07 Å². The molecule has 0 aliphatic heterocycles. The topological polar surface area (TPSA) is 17.8 Å². The van der Waals surface area contributed by atoms with Gasteiger partial charge in [-0.25, -0.2) is 4.98 Å². The van der Waals surface area contributed by atoms with Crippen molar-refractivity contribution in [2.45, 2.75) is 116 Å². The van der Waals surface area contributed by atoms with E-state index in [0.717, 1.165) is 29.9 Å². The van der Waals surface area contributed by atoms with Crippen LogP contribution in [0, 0.1) is 0 Å². The highest BCUT2D eigenvalue weighted by molar-refractivity contribution is 6.36. The second-order valence-corrected chi connectivity index (χ2v) is 10.8. The summed E-state index contributed by atoms with van der Waals surface area (Å²) in [5, 5.41) is 1.31. The van der Waals surface area contributed by atoms with Crippen molar-refractivity contribution in [3.05, 3.63) is 52.5 Å². The quantitative estimate of drug-likeness (QED) is 0.154. The fourth-order valence-corrected chi connectivity index (χ4v) is 5.49. The van der Waals surface area contributed by atoms with Gasteiger partial charge in [-0.05, 0) is 36.8 Å². The monoisotopic (exact) mass is 514 g/mol. The maximum atomic E-state index is 6.53. The Morgan fingerprint density at radius 2 is 1.20 bits per heavy atom. The first-order valence-electron chi connectivity index (χ1n) is 14.1. The number of imidazole rings is 1.